The molecule has 2 nitrogen and oxygen atoms in total. The molecule has 0 heterocycles. The van der Waals surface area contributed by atoms with Gasteiger partial charge in [-0.2, -0.15) is 0 Å². The number of hydrogen-bond donors (Lipinski definition) is 1. The summed E-state index contributed by atoms with van der Waals surface area (Å²) in [4.78, 5) is 12.0. The van der Waals surface area contributed by atoms with Gasteiger partial charge in [-0.25, -0.2) is 0 Å². The average molecular weight is 348 g/mol. The molecule has 2 aliphatic carbocycles. The number of halogens is 1. The van der Waals surface area contributed by atoms with Crippen molar-refractivity contribution in [2.75, 3.05) is 0 Å². The zero-order valence-electron chi connectivity index (χ0n) is 12.4. The van der Waals surface area contributed by atoms with Crippen LogP contribution in [-0.2, 0) is 4.79 Å². The van der Waals surface area contributed by atoms with Crippen LogP contribution < -0.4 is 5.32 Å². The minimum atomic E-state index is 0.0215. The van der Waals surface area contributed by atoms with Crippen LogP contribution in [0.5, 0.6) is 0 Å². The molecule has 2 fully saturated rings. The van der Waals surface area contributed by atoms with E-state index in [1.165, 1.54) is 25.7 Å². The fourth-order valence-electron chi connectivity index (χ4n) is 4.03. The second kappa shape index (κ2) is 6.35. The molecule has 3 heteroatoms. The first-order chi connectivity index (χ1) is 10.1. The van der Waals surface area contributed by atoms with E-state index < -0.39 is 0 Å². The Morgan fingerprint density at radius 2 is 2.05 bits per heavy atom. The Balaban J connectivity index is 1.53. The maximum atomic E-state index is 12.0. The third-order valence-electron chi connectivity index (χ3n) is 5.10. The van der Waals surface area contributed by atoms with Crippen LogP contribution in [0.15, 0.2) is 34.8 Å². The van der Waals surface area contributed by atoms with E-state index in [2.05, 4.69) is 28.2 Å². The van der Waals surface area contributed by atoms with Crippen molar-refractivity contribution >= 4 is 27.9 Å². The molecule has 4 unspecified atom stereocenters. The summed E-state index contributed by atoms with van der Waals surface area (Å²) < 4.78 is 1.05. The van der Waals surface area contributed by atoms with E-state index in [0.29, 0.717) is 12.0 Å². The van der Waals surface area contributed by atoms with Gasteiger partial charge in [0.2, 0.25) is 5.91 Å². The Morgan fingerprint density at radius 3 is 2.67 bits per heavy atom. The van der Waals surface area contributed by atoms with Crippen LogP contribution in [0.2, 0.25) is 0 Å². The summed E-state index contributed by atoms with van der Waals surface area (Å²) in [6.45, 7) is 2.16. The van der Waals surface area contributed by atoms with Gasteiger partial charge < -0.3 is 5.32 Å². The van der Waals surface area contributed by atoms with Crippen LogP contribution in [0.4, 0.5) is 0 Å². The van der Waals surface area contributed by atoms with Crippen molar-refractivity contribution in [1.29, 1.82) is 0 Å². The molecule has 0 aromatic heterocycles. The summed E-state index contributed by atoms with van der Waals surface area (Å²) in [5, 5.41) is 3.15. The highest BCUT2D eigenvalue weighted by Gasteiger charge is 2.41. The summed E-state index contributed by atoms with van der Waals surface area (Å²) in [5.41, 5.74) is 1.04. The van der Waals surface area contributed by atoms with Crippen molar-refractivity contribution in [3.8, 4) is 0 Å². The van der Waals surface area contributed by atoms with Gasteiger partial charge in [0.15, 0.2) is 0 Å². The van der Waals surface area contributed by atoms with E-state index in [9.17, 15) is 4.79 Å². The number of hydrogen-bond acceptors (Lipinski definition) is 1. The Labute approximate surface area is 135 Å². The summed E-state index contributed by atoms with van der Waals surface area (Å²) in [7, 11) is 0. The van der Waals surface area contributed by atoms with Gasteiger partial charge in [0.1, 0.15) is 0 Å². The maximum absolute atomic E-state index is 12.0. The lowest BCUT2D eigenvalue weighted by Gasteiger charge is -2.28. The maximum Gasteiger partial charge on any atom is 0.244 e. The van der Waals surface area contributed by atoms with Crippen LogP contribution in [0, 0.1) is 17.8 Å². The smallest absolute Gasteiger partial charge is 0.244 e. The third kappa shape index (κ3) is 3.57. The number of fused-ring (bicyclic) bond motifs is 2. The van der Waals surface area contributed by atoms with E-state index in [4.69, 9.17) is 0 Å². The molecule has 1 N–H and O–H groups in total. The van der Waals surface area contributed by atoms with Crippen molar-refractivity contribution in [1.82, 2.24) is 5.32 Å². The highest BCUT2D eigenvalue weighted by atomic mass is 79.9. The van der Waals surface area contributed by atoms with E-state index in [1.54, 1.807) is 6.08 Å². The standard InChI is InChI=1S/C18H22BrNO/c1-12(17-11-14-2-6-15(17)10-14)20-18(21)9-5-13-3-7-16(19)8-4-13/h3-5,7-9,12,14-15,17H,2,6,10-11H2,1H3,(H,20,21)/b9-5+. The highest BCUT2D eigenvalue weighted by molar-refractivity contribution is 9.10. The first kappa shape index (κ1) is 14.8. The molecule has 0 spiro atoms. The van der Waals surface area contributed by atoms with Gasteiger partial charge in [-0.05, 0) is 67.7 Å². The largest absolute Gasteiger partial charge is 0.350 e. The fourth-order valence-corrected chi connectivity index (χ4v) is 4.30. The van der Waals surface area contributed by atoms with Gasteiger partial charge in [-0.1, -0.05) is 34.5 Å². The number of nitrogens with one attached hydrogen (secondary N) is 1. The number of rotatable bonds is 4. The van der Waals surface area contributed by atoms with Crippen molar-refractivity contribution in [3.63, 3.8) is 0 Å². The van der Waals surface area contributed by atoms with Gasteiger partial charge in [0, 0.05) is 16.6 Å². The van der Waals surface area contributed by atoms with Crippen LogP contribution in [0.25, 0.3) is 6.08 Å². The fraction of sp³-hybridized carbons (Fsp3) is 0.500. The predicted molar refractivity (Wildman–Crippen MR) is 89.7 cm³/mol. The van der Waals surface area contributed by atoms with Gasteiger partial charge >= 0.3 is 0 Å². The molecular formula is C18H22BrNO. The molecule has 4 atom stereocenters. The Morgan fingerprint density at radius 1 is 1.29 bits per heavy atom. The van der Waals surface area contributed by atoms with E-state index >= 15 is 0 Å². The quantitative estimate of drug-likeness (QED) is 0.803. The Kier molecular flexibility index (Phi) is 4.48. The van der Waals surface area contributed by atoms with Crippen molar-refractivity contribution in [3.05, 3.63) is 40.4 Å². The van der Waals surface area contributed by atoms with E-state index in [-0.39, 0.29) is 5.91 Å². The number of amides is 1. The van der Waals surface area contributed by atoms with Crippen molar-refractivity contribution < 1.29 is 4.79 Å². The molecule has 1 aromatic rings. The molecule has 0 radical (unpaired) electrons. The van der Waals surface area contributed by atoms with E-state index in [1.807, 2.05) is 30.3 Å². The average Bonchev–Trinajstić information content (AvgIpc) is 3.09. The van der Waals surface area contributed by atoms with Gasteiger partial charge in [0.05, 0.1) is 0 Å². The van der Waals surface area contributed by atoms with Crippen LogP contribution in [0.3, 0.4) is 0 Å². The van der Waals surface area contributed by atoms with Crippen molar-refractivity contribution in [2.24, 2.45) is 17.8 Å². The molecule has 21 heavy (non-hydrogen) atoms. The van der Waals surface area contributed by atoms with Gasteiger partial charge in [0.25, 0.3) is 0 Å². The van der Waals surface area contributed by atoms with Gasteiger partial charge in [-0.3, -0.25) is 4.79 Å². The zero-order valence-corrected chi connectivity index (χ0v) is 14.0. The van der Waals surface area contributed by atoms with Crippen LogP contribution >= 0.6 is 15.9 Å². The predicted octanol–water partition coefficient (Wildman–Crippen LogP) is 4.40. The molecular weight excluding hydrogens is 326 g/mol. The molecule has 2 aliphatic rings. The molecule has 1 aromatic carbocycles. The topological polar surface area (TPSA) is 29.1 Å². The van der Waals surface area contributed by atoms with Crippen LogP contribution in [0.1, 0.15) is 38.2 Å². The molecule has 112 valence electrons. The molecule has 1 amide bonds. The Bertz CT molecular complexity index is 537. The number of carbonyl (C=O) groups excluding carboxylic acids is 1. The van der Waals surface area contributed by atoms with Gasteiger partial charge in [-0.15, -0.1) is 0 Å². The first-order valence-corrected chi connectivity index (χ1v) is 8.65. The lowest BCUT2D eigenvalue weighted by molar-refractivity contribution is -0.117. The summed E-state index contributed by atoms with van der Waals surface area (Å²) in [6, 6.07) is 8.24. The molecule has 0 aliphatic heterocycles. The number of carbonyl (C=O) groups is 1. The molecule has 2 bridgehead atoms. The second-order valence-electron chi connectivity index (χ2n) is 6.52. The lowest BCUT2D eigenvalue weighted by Crippen LogP contribution is -2.39. The zero-order chi connectivity index (χ0) is 14.8. The highest BCUT2D eigenvalue weighted by Crippen LogP contribution is 2.49. The molecule has 3 rings (SSSR count). The minimum Gasteiger partial charge on any atom is -0.350 e. The Hall–Kier alpha value is -1.09. The third-order valence-corrected chi connectivity index (χ3v) is 5.63. The minimum absolute atomic E-state index is 0.0215. The van der Waals surface area contributed by atoms with Crippen LogP contribution in [-0.4, -0.2) is 11.9 Å². The van der Waals surface area contributed by atoms with Crippen molar-refractivity contribution in [2.45, 2.75) is 38.6 Å². The molecule has 0 saturated heterocycles. The summed E-state index contributed by atoms with van der Waals surface area (Å²) >= 11 is 3.41. The second-order valence-corrected chi connectivity index (χ2v) is 7.44. The monoisotopic (exact) mass is 347 g/mol. The first-order valence-electron chi connectivity index (χ1n) is 7.86. The number of benzene rings is 1. The molecule has 2 saturated carbocycles. The van der Waals surface area contributed by atoms with E-state index in [0.717, 1.165) is 21.9 Å². The SMILES string of the molecule is CC(NC(=O)/C=C/c1ccc(Br)cc1)C1CC2CCC1C2. The normalized spacial score (nSPS) is 29.0. The lowest BCUT2D eigenvalue weighted by atomic mass is 9.84. The summed E-state index contributed by atoms with van der Waals surface area (Å²) in [5.74, 6) is 2.49. The summed E-state index contributed by atoms with van der Waals surface area (Å²) in [6.07, 6.45) is 8.99.